The molecule has 1 fully saturated rings. The summed E-state index contributed by atoms with van der Waals surface area (Å²) in [5.74, 6) is -0.345. The van der Waals surface area contributed by atoms with Crippen LogP contribution >= 0.6 is 0 Å². The van der Waals surface area contributed by atoms with E-state index in [2.05, 4.69) is 0 Å². The first-order chi connectivity index (χ1) is 6.58. The maximum atomic E-state index is 11.5. The highest BCUT2D eigenvalue weighted by Crippen LogP contribution is 2.28. The lowest BCUT2D eigenvalue weighted by atomic mass is 10.1. The summed E-state index contributed by atoms with van der Waals surface area (Å²) in [6.45, 7) is 6.10. The van der Waals surface area contributed by atoms with Crippen molar-refractivity contribution in [3.63, 3.8) is 0 Å². The Morgan fingerprint density at radius 3 is 2.86 bits per heavy atom. The molecule has 0 amide bonds. The summed E-state index contributed by atoms with van der Waals surface area (Å²) in [5.41, 5.74) is -0.947. The number of esters is 1. The van der Waals surface area contributed by atoms with E-state index in [0.717, 1.165) is 12.8 Å². The molecule has 0 aromatic rings. The number of carbonyl (C=O) groups excluding carboxylic acids is 1. The molecule has 0 saturated carbocycles. The molecule has 1 radical (unpaired) electrons. The monoisotopic (exact) mass is 201 g/mol. The summed E-state index contributed by atoms with van der Waals surface area (Å²) in [7, 11) is 0. The molecule has 1 aliphatic rings. The molecule has 0 aromatic heterocycles. The van der Waals surface area contributed by atoms with Gasteiger partial charge >= 0.3 is 5.97 Å². The molecule has 4 nitrogen and oxygen atoms in total. The fourth-order valence-corrected chi connectivity index (χ4v) is 1.18. The van der Waals surface area contributed by atoms with Crippen LogP contribution in [0, 0.1) is 6.29 Å². The number of rotatable bonds is 4. The molecule has 1 saturated heterocycles. The van der Waals surface area contributed by atoms with Gasteiger partial charge in [-0.15, -0.1) is 0 Å². The van der Waals surface area contributed by atoms with Crippen LogP contribution in [-0.2, 0) is 19.0 Å². The van der Waals surface area contributed by atoms with Crippen LogP contribution in [0.25, 0.3) is 0 Å². The first-order valence-electron chi connectivity index (χ1n) is 4.91. The van der Waals surface area contributed by atoms with Gasteiger partial charge in [-0.1, -0.05) is 13.3 Å². The van der Waals surface area contributed by atoms with Gasteiger partial charge in [0, 0.05) is 0 Å². The number of carbonyl (C=O) groups is 1. The molecule has 1 atom stereocenters. The van der Waals surface area contributed by atoms with Gasteiger partial charge in [-0.05, 0) is 20.3 Å². The standard InChI is InChI=1S/C10H17O4/c1-4-5-6-12-9(11)10(3)7-13-8(2)14-10/h4-7H2,1-3H3. The second-order valence-electron chi connectivity index (χ2n) is 3.60. The van der Waals surface area contributed by atoms with Crippen LogP contribution in [0.1, 0.15) is 33.6 Å². The van der Waals surface area contributed by atoms with Gasteiger partial charge < -0.3 is 14.2 Å². The molecule has 0 spiro atoms. The van der Waals surface area contributed by atoms with Gasteiger partial charge in [0.25, 0.3) is 0 Å². The molecular weight excluding hydrogens is 184 g/mol. The molecular formula is C10H17O4. The quantitative estimate of drug-likeness (QED) is 0.512. The van der Waals surface area contributed by atoms with Crippen molar-refractivity contribution in [2.45, 2.75) is 39.2 Å². The van der Waals surface area contributed by atoms with Crippen molar-refractivity contribution in [1.82, 2.24) is 0 Å². The van der Waals surface area contributed by atoms with Crippen molar-refractivity contribution in [1.29, 1.82) is 0 Å². The predicted molar refractivity (Wildman–Crippen MR) is 50.2 cm³/mol. The minimum Gasteiger partial charge on any atom is -0.463 e. The van der Waals surface area contributed by atoms with E-state index in [1.165, 1.54) is 0 Å². The van der Waals surface area contributed by atoms with E-state index >= 15 is 0 Å². The zero-order valence-corrected chi connectivity index (χ0v) is 8.96. The second-order valence-corrected chi connectivity index (χ2v) is 3.60. The first kappa shape index (κ1) is 11.5. The molecule has 1 rings (SSSR count). The average molecular weight is 201 g/mol. The van der Waals surface area contributed by atoms with E-state index in [4.69, 9.17) is 14.2 Å². The second kappa shape index (κ2) is 4.75. The third-order valence-corrected chi connectivity index (χ3v) is 2.08. The van der Waals surface area contributed by atoms with Gasteiger partial charge in [0.2, 0.25) is 6.29 Å². The van der Waals surface area contributed by atoms with Crippen molar-refractivity contribution >= 4 is 5.97 Å². The van der Waals surface area contributed by atoms with Crippen molar-refractivity contribution in [2.75, 3.05) is 13.2 Å². The summed E-state index contributed by atoms with van der Waals surface area (Å²) in [6, 6.07) is 0. The Hall–Kier alpha value is -0.610. The molecule has 1 unspecified atom stereocenters. The van der Waals surface area contributed by atoms with E-state index in [1.807, 2.05) is 6.92 Å². The molecule has 4 heteroatoms. The highest BCUT2D eigenvalue weighted by Gasteiger charge is 2.44. The number of ether oxygens (including phenoxy) is 3. The van der Waals surface area contributed by atoms with Crippen LogP contribution < -0.4 is 0 Å². The summed E-state index contributed by atoms with van der Waals surface area (Å²) in [4.78, 5) is 11.5. The maximum absolute atomic E-state index is 11.5. The number of hydrogen-bond donors (Lipinski definition) is 0. The van der Waals surface area contributed by atoms with E-state index < -0.39 is 5.60 Å². The normalized spacial score (nSPS) is 27.9. The van der Waals surface area contributed by atoms with Gasteiger partial charge in [-0.3, -0.25) is 0 Å². The molecule has 0 aromatic carbocycles. The largest absolute Gasteiger partial charge is 0.463 e. The van der Waals surface area contributed by atoms with Crippen molar-refractivity contribution < 1.29 is 19.0 Å². The van der Waals surface area contributed by atoms with E-state index in [9.17, 15) is 4.79 Å². The molecule has 1 aliphatic heterocycles. The Bertz CT molecular complexity index is 204. The zero-order valence-electron chi connectivity index (χ0n) is 8.96. The Morgan fingerprint density at radius 2 is 2.36 bits per heavy atom. The maximum Gasteiger partial charge on any atom is 0.340 e. The van der Waals surface area contributed by atoms with Crippen molar-refractivity contribution in [3.05, 3.63) is 6.29 Å². The van der Waals surface area contributed by atoms with E-state index in [-0.39, 0.29) is 12.6 Å². The number of hydrogen-bond acceptors (Lipinski definition) is 4. The minimum absolute atomic E-state index is 0.240. The SMILES string of the molecule is CCCCOC(=O)C1(C)CO[C](C)O1. The molecule has 14 heavy (non-hydrogen) atoms. The Kier molecular flexibility index (Phi) is 3.89. The fourth-order valence-electron chi connectivity index (χ4n) is 1.18. The van der Waals surface area contributed by atoms with Gasteiger partial charge in [-0.25, -0.2) is 4.79 Å². The van der Waals surface area contributed by atoms with E-state index in [0.29, 0.717) is 12.9 Å². The summed E-state index contributed by atoms with van der Waals surface area (Å²) in [6.07, 6.45) is 2.32. The van der Waals surface area contributed by atoms with Gasteiger partial charge in [0.15, 0.2) is 5.60 Å². The third-order valence-electron chi connectivity index (χ3n) is 2.08. The van der Waals surface area contributed by atoms with Gasteiger partial charge in [-0.2, -0.15) is 0 Å². The number of unbranched alkanes of at least 4 members (excludes halogenated alkanes) is 1. The van der Waals surface area contributed by atoms with Crippen LogP contribution in [-0.4, -0.2) is 24.8 Å². The van der Waals surface area contributed by atoms with Crippen molar-refractivity contribution in [2.24, 2.45) is 0 Å². The van der Waals surface area contributed by atoms with Gasteiger partial charge in [0.05, 0.1) is 13.2 Å². The van der Waals surface area contributed by atoms with E-state index in [1.54, 1.807) is 13.8 Å². The highest BCUT2D eigenvalue weighted by molar-refractivity contribution is 5.79. The lowest BCUT2D eigenvalue weighted by Crippen LogP contribution is -2.39. The van der Waals surface area contributed by atoms with Crippen LogP contribution in [0.15, 0.2) is 0 Å². The topological polar surface area (TPSA) is 44.8 Å². The Labute approximate surface area is 84.5 Å². The third kappa shape index (κ3) is 2.69. The smallest absolute Gasteiger partial charge is 0.340 e. The zero-order chi connectivity index (χ0) is 10.6. The molecule has 1 heterocycles. The summed E-state index contributed by atoms with van der Waals surface area (Å²) < 4.78 is 15.4. The Morgan fingerprint density at radius 1 is 1.64 bits per heavy atom. The minimum atomic E-state index is -0.947. The lowest BCUT2D eigenvalue weighted by Gasteiger charge is -2.19. The highest BCUT2D eigenvalue weighted by atomic mass is 16.7. The molecule has 0 N–H and O–H groups in total. The fraction of sp³-hybridized carbons (Fsp3) is 0.800. The lowest BCUT2D eigenvalue weighted by molar-refractivity contribution is -0.163. The van der Waals surface area contributed by atoms with Gasteiger partial charge in [0.1, 0.15) is 0 Å². The molecule has 0 aliphatic carbocycles. The summed E-state index contributed by atoms with van der Waals surface area (Å²) >= 11 is 0. The predicted octanol–water partition coefficient (Wildman–Crippen LogP) is 1.64. The summed E-state index contributed by atoms with van der Waals surface area (Å²) in [5, 5.41) is 0. The molecule has 0 bridgehead atoms. The molecule has 81 valence electrons. The van der Waals surface area contributed by atoms with Crippen LogP contribution in [0.2, 0.25) is 0 Å². The Balaban J connectivity index is 2.36. The first-order valence-corrected chi connectivity index (χ1v) is 4.91. The average Bonchev–Trinajstić information content (AvgIpc) is 2.48. The van der Waals surface area contributed by atoms with Crippen LogP contribution in [0.4, 0.5) is 0 Å². The van der Waals surface area contributed by atoms with Crippen molar-refractivity contribution in [3.8, 4) is 0 Å². The van der Waals surface area contributed by atoms with Crippen LogP contribution in [0.3, 0.4) is 0 Å². The van der Waals surface area contributed by atoms with Crippen LogP contribution in [0.5, 0.6) is 0 Å².